The van der Waals surface area contributed by atoms with E-state index in [2.05, 4.69) is 16.9 Å². The Kier molecular flexibility index (Phi) is 4.93. The summed E-state index contributed by atoms with van der Waals surface area (Å²) in [6.45, 7) is 4.38. The van der Waals surface area contributed by atoms with Crippen LogP contribution in [-0.2, 0) is 9.53 Å². The third-order valence-corrected chi connectivity index (χ3v) is 3.20. The molecule has 4 heteroatoms. The van der Waals surface area contributed by atoms with Gasteiger partial charge in [0.25, 0.3) is 0 Å². The number of hydrogen-bond acceptors (Lipinski definition) is 3. The van der Waals surface area contributed by atoms with E-state index in [1.165, 1.54) is 0 Å². The summed E-state index contributed by atoms with van der Waals surface area (Å²) in [5.74, 6) is 0.243. The number of rotatable bonds is 6. The quantitative estimate of drug-likeness (QED) is 0.646. The predicted molar refractivity (Wildman–Crippen MR) is 78.3 cm³/mol. The fourth-order valence-electron chi connectivity index (χ4n) is 1.87. The van der Waals surface area contributed by atoms with E-state index in [4.69, 9.17) is 4.74 Å². The lowest BCUT2D eigenvalue weighted by molar-refractivity contribution is -0.145. The molecule has 0 aliphatic heterocycles. The molecule has 4 nitrogen and oxygen atoms in total. The molecule has 0 fully saturated rings. The Bertz CT molecular complexity index is 549. The molecule has 2 rings (SSSR count). The Morgan fingerprint density at radius 3 is 2.80 bits per heavy atom. The average molecular weight is 272 g/mol. The molecular formula is C16H20N2O2. The first-order chi connectivity index (χ1) is 9.72. The Hall–Kier alpha value is -2.10. The third-order valence-electron chi connectivity index (χ3n) is 3.20. The standard InChI is InChI=1S/C16H20N2O2/c1-3-4-10-20-16(19)12(2)14-11-17-15(18-14)13-8-6-5-7-9-13/h5-9,11-12H,3-4,10H2,1-2H3,(H,17,18). The maximum atomic E-state index is 11.9. The van der Waals surface area contributed by atoms with Gasteiger partial charge in [-0.05, 0) is 13.3 Å². The smallest absolute Gasteiger partial charge is 0.314 e. The van der Waals surface area contributed by atoms with Gasteiger partial charge in [-0.1, -0.05) is 43.7 Å². The number of ether oxygens (including phenoxy) is 1. The van der Waals surface area contributed by atoms with Crippen LogP contribution < -0.4 is 0 Å². The van der Waals surface area contributed by atoms with Crippen molar-refractivity contribution in [1.82, 2.24) is 9.97 Å². The number of carbonyl (C=O) groups is 1. The second kappa shape index (κ2) is 6.89. The van der Waals surface area contributed by atoms with Gasteiger partial charge in [0.2, 0.25) is 0 Å². The maximum absolute atomic E-state index is 11.9. The highest BCUT2D eigenvalue weighted by atomic mass is 16.5. The van der Waals surface area contributed by atoms with Crippen molar-refractivity contribution < 1.29 is 9.53 Å². The lowest BCUT2D eigenvalue weighted by atomic mass is 10.1. The van der Waals surface area contributed by atoms with Crippen LogP contribution in [0.15, 0.2) is 36.5 Å². The topological polar surface area (TPSA) is 55.0 Å². The number of H-pyrrole nitrogens is 1. The molecule has 1 N–H and O–H groups in total. The van der Waals surface area contributed by atoms with Crippen molar-refractivity contribution in [2.45, 2.75) is 32.6 Å². The minimum absolute atomic E-state index is 0.207. The van der Waals surface area contributed by atoms with Crippen molar-refractivity contribution in [2.24, 2.45) is 0 Å². The van der Waals surface area contributed by atoms with E-state index in [1.54, 1.807) is 6.20 Å². The normalized spacial score (nSPS) is 12.1. The van der Waals surface area contributed by atoms with Gasteiger partial charge in [-0.25, -0.2) is 4.98 Å². The van der Waals surface area contributed by atoms with Crippen LogP contribution in [0.25, 0.3) is 11.4 Å². The van der Waals surface area contributed by atoms with E-state index in [-0.39, 0.29) is 11.9 Å². The molecule has 1 atom stereocenters. The summed E-state index contributed by atoms with van der Waals surface area (Å²) in [6, 6.07) is 9.83. The zero-order chi connectivity index (χ0) is 14.4. The van der Waals surface area contributed by atoms with Crippen molar-refractivity contribution in [3.63, 3.8) is 0 Å². The lowest BCUT2D eigenvalue weighted by Gasteiger charge is -2.09. The van der Waals surface area contributed by atoms with Crippen LogP contribution in [-0.4, -0.2) is 22.5 Å². The first kappa shape index (κ1) is 14.3. The number of imidazole rings is 1. The molecule has 2 aromatic rings. The first-order valence-corrected chi connectivity index (χ1v) is 6.99. The fraction of sp³-hybridized carbons (Fsp3) is 0.375. The molecule has 0 amide bonds. The minimum Gasteiger partial charge on any atom is -0.465 e. The van der Waals surface area contributed by atoms with Gasteiger partial charge in [-0.3, -0.25) is 4.79 Å². The van der Waals surface area contributed by atoms with Gasteiger partial charge in [0.15, 0.2) is 0 Å². The molecule has 1 aromatic heterocycles. The van der Waals surface area contributed by atoms with Gasteiger partial charge in [0, 0.05) is 17.5 Å². The number of nitrogens with zero attached hydrogens (tertiary/aromatic N) is 1. The van der Waals surface area contributed by atoms with Gasteiger partial charge in [0.05, 0.1) is 12.5 Å². The molecule has 0 aliphatic carbocycles. The number of benzene rings is 1. The SMILES string of the molecule is CCCCOC(=O)C(C)c1cnc(-c2ccccc2)[nH]1. The zero-order valence-corrected chi connectivity index (χ0v) is 11.9. The molecule has 0 saturated heterocycles. The molecule has 20 heavy (non-hydrogen) atoms. The highest BCUT2D eigenvalue weighted by Gasteiger charge is 2.19. The number of carbonyl (C=O) groups excluding carboxylic acids is 1. The second-order valence-corrected chi connectivity index (χ2v) is 4.80. The molecule has 0 radical (unpaired) electrons. The average Bonchev–Trinajstić information content (AvgIpc) is 2.97. The van der Waals surface area contributed by atoms with E-state index in [1.807, 2.05) is 37.3 Å². The van der Waals surface area contributed by atoms with Crippen molar-refractivity contribution >= 4 is 5.97 Å². The van der Waals surface area contributed by atoms with Gasteiger partial charge in [0.1, 0.15) is 5.82 Å². The van der Waals surface area contributed by atoms with E-state index in [0.717, 1.165) is 29.9 Å². The van der Waals surface area contributed by atoms with Gasteiger partial charge in [-0.15, -0.1) is 0 Å². The third kappa shape index (κ3) is 3.47. The van der Waals surface area contributed by atoms with Crippen LogP contribution in [0, 0.1) is 0 Å². The van der Waals surface area contributed by atoms with Crippen LogP contribution in [0.3, 0.4) is 0 Å². The number of nitrogens with one attached hydrogen (secondary N) is 1. The molecule has 1 heterocycles. The van der Waals surface area contributed by atoms with E-state index < -0.39 is 0 Å². The van der Waals surface area contributed by atoms with Crippen molar-refractivity contribution in [3.05, 3.63) is 42.2 Å². The van der Waals surface area contributed by atoms with Crippen LogP contribution in [0.4, 0.5) is 0 Å². The summed E-state index contributed by atoms with van der Waals surface area (Å²) in [5, 5.41) is 0. The van der Waals surface area contributed by atoms with Crippen molar-refractivity contribution in [3.8, 4) is 11.4 Å². The van der Waals surface area contributed by atoms with E-state index in [0.29, 0.717) is 6.61 Å². The highest BCUT2D eigenvalue weighted by molar-refractivity contribution is 5.77. The summed E-state index contributed by atoms with van der Waals surface area (Å²) in [5.41, 5.74) is 1.79. The maximum Gasteiger partial charge on any atom is 0.314 e. The Morgan fingerprint density at radius 1 is 1.35 bits per heavy atom. The zero-order valence-electron chi connectivity index (χ0n) is 11.9. The van der Waals surface area contributed by atoms with Gasteiger partial charge in [-0.2, -0.15) is 0 Å². The Labute approximate surface area is 119 Å². The van der Waals surface area contributed by atoms with Crippen LogP contribution in [0.2, 0.25) is 0 Å². The highest BCUT2D eigenvalue weighted by Crippen LogP contribution is 2.20. The lowest BCUT2D eigenvalue weighted by Crippen LogP contribution is -2.14. The summed E-state index contributed by atoms with van der Waals surface area (Å²) in [4.78, 5) is 19.4. The number of esters is 1. The number of unbranched alkanes of at least 4 members (excludes halogenated alkanes) is 1. The molecule has 1 unspecified atom stereocenters. The summed E-state index contributed by atoms with van der Waals surface area (Å²) >= 11 is 0. The summed E-state index contributed by atoms with van der Waals surface area (Å²) < 4.78 is 5.23. The van der Waals surface area contributed by atoms with Crippen LogP contribution >= 0.6 is 0 Å². The Morgan fingerprint density at radius 2 is 2.10 bits per heavy atom. The van der Waals surface area contributed by atoms with Crippen molar-refractivity contribution in [2.75, 3.05) is 6.61 Å². The van der Waals surface area contributed by atoms with Crippen molar-refractivity contribution in [1.29, 1.82) is 0 Å². The monoisotopic (exact) mass is 272 g/mol. The molecular weight excluding hydrogens is 252 g/mol. The van der Waals surface area contributed by atoms with Gasteiger partial charge < -0.3 is 9.72 Å². The van der Waals surface area contributed by atoms with E-state index >= 15 is 0 Å². The summed E-state index contributed by atoms with van der Waals surface area (Å²) in [7, 11) is 0. The number of hydrogen-bond donors (Lipinski definition) is 1. The predicted octanol–water partition coefficient (Wildman–Crippen LogP) is 3.52. The molecule has 0 spiro atoms. The largest absolute Gasteiger partial charge is 0.465 e. The molecule has 0 saturated carbocycles. The molecule has 0 bridgehead atoms. The number of aromatic nitrogens is 2. The first-order valence-electron chi connectivity index (χ1n) is 6.99. The fourth-order valence-corrected chi connectivity index (χ4v) is 1.87. The van der Waals surface area contributed by atoms with E-state index in [9.17, 15) is 4.79 Å². The summed E-state index contributed by atoms with van der Waals surface area (Å²) in [6.07, 6.45) is 3.62. The molecule has 106 valence electrons. The second-order valence-electron chi connectivity index (χ2n) is 4.80. The van der Waals surface area contributed by atoms with Crippen LogP contribution in [0.5, 0.6) is 0 Å². The number of aromatic amines is 1. The molecule has 1 aromatic carbocycles. The minimum atomic E-state index is -0.322. The Balaban J connectivity index is 2.03. The molecule has 0 aliphatic rings. The van der Waals surface area contributed by atoms with Gasteiger partial charge >= 0.3 is 5.97 Å². The van der Waals surface area contributed by atoms with Crippen LogP contribution in [0.1, 0.15) is 38.3 Å².